The van der Waals surface area contributed by atoms with E-state index in [4.69, 9.17) is 0 Å². The van der Waals surface area contributed by atoms with Crippen molar-refractivity contribution in [2.45, 2.75) is 20.3 Å². The molecule has 0 aromatic heterocycles. The Hall–Kier alpha value is -0.990. The van der Waals surface area contributed by atoms with Crippen molar-refractivity contribution in [3.05, 3.63) is 12.7 Å². The van der Waals surface area contributed by atoms with Gasteiger partial charge < -0.3 is 10.2 Å². The van der Waals surface area contributed by atoms with E-state index in [1.165, 1.54) is 6.42 Å². The summed E-state index contributed by atoms with van der Waals surface area (Å²) in [7, 11) is 1.84. The number of piperidine rings is 1. The lowest BCUT2D eigenvalue weighted by atomic mass is 9.92. The predicted molar refractivity (Wildman–Crippen MR) is 66.1 cm³/mol. The van der Waals surface area contributed by atoms with Gasteiger partial charge in [0.05, 0.1) is 0 Å². The minimum Gasteiger partial charge on any atom is -0.353 e. The Labute approximate surface area is 93.3 Å². The van der Waals surface area contributed by atoms with E-state index in [1.807, 2.05) is 13.1 Å². The lowest BCUT2D eigenvalue weighted by molar-refractivity contribution is 0.209. The van der Waals surface area contributed by atoms with Gasteiger partial charge in [0.15, 0.2) is 5.96 Å². The summed E-state index contributed by atoms with van der Waals surface area (Å²) < 4.78 is 0. The number of aliphatic imine (C=N–C) groups is 1. The van der Waals surface area contributed by atoms with E-state index in [9.17, 15) is 0 Å². The van der Waals surface area contributed by atoms with Crippen molar-refractivity contribution in [1.29, 1.82) is 0 Å². The first-order valence-electron chi connectivity index (χ1n) is 5.73. The largest absolute Gasteiger partial charge is 0.353 e. The molecule has 0 radical (unpaired) electrons. The van der Waals surface area contributed by atoms with Gasteiger partial charge in [-0.1, -0.05) is 19.9 Å². The van der Waals surface area contributed by atoms with Gasteiger partial charge in [-0.15, -0.1) is 6.58 Å². The van der Waals surface area contributed by atoms with Gasteiger partial charge in [0, 0.05) is 26.7 Å². The Morgan fingerprint density at radius 3 is 2.53 bits per heavy atom. The zero-order valence-corrected chi connectivity index (χ0v) is 10.2. The van der Waals surface area contributed by atoms with Crippen molar-refractivity contribution < 1.29 is 0 Å². The topological polar surface area (TPSA) is 27.6 Å². The first kappa shape index (κ1) is 12.1. The molecule has 0 aromatic rings. The van der Waals surface area contributed by atoms with Gasteiger partial charge >= 0.3 is 0 Å². The molecule has 1 heterocycles. The fraction of sp³-hybridized carbons (Fsp3) is 0.750. The zero-order valence-electron chi connectivity index (χ0n) is 10.2. The molecule has 0 bridgehead atoms. The van der Waals surface area contributed by atoms with E-state index in [-0.39, 0.29) is 0 Å². The molecule has 1 aliphatic rings. The molecule has 3 heteroatoms. The molecule has 0 spiro atoms. The van der Waals surface area contributed by atoms with Gasteiger partial charge in [-0.3, -0.25) is 4.99 Å². The summed E-state index contributed by atoms with van der Waals surface area (Å²) in [4.78, 5) is 6.65. The quantitative estimate of drug-likeness (QED) is 0.426. The van der Waals surface area contributed by atoms with Gasteiger partial charge in [0.25, 0.3) is 0 Å². The van der Waals surface area contributed by atoms with Gasteiger partial charge in [-0.25, -0.2) is 0 Å². The molecular weight excluding hydrogens is 186 g/mol. The third-order valence-corrected chi connectivity index (χ3v) is 2.78. The van der Waals surface area contributed by atoms with Crippen LogP contribution in [-0.2, 0) is 0 Å². The van der Waals surface area contributed by atoms with Crippen molar-refractivity contribution in [1.82, 2.24) is 10.2 Å². The third kappa shape index (κ3) is 3.57. The molecule has 0 amide bonds. The number of nitrogens with zero attached hydrogens (tertiary/aromatic N) is 2. The SMILES string of the molecule is C=CCNC(=NC)N1CC(C)CC(C)C1. The predicted octanol–water partition coefficient (Wildman–Crippen LogP) is 1.73. The smallest absolute Gasteiger partial charge is 0.193 e. The molecule has 86 valence electrons. The normalized spacial score (nSPS) is 27.7. The fourth-order valence-electron chi connectivity index (χ4n) is 2.33. The first-order chi connectivity index (χ1) is 7.17. The van der Waals surface area contributed by atoms with Crippen LogP contribution in [0.15, 0.2) is 17.6 Å². The Kier molecular flexibility index (Phi) is 4.66. The molecule has 2 atom stereocenters. The maximum Gasteiger partial charge on any atom is 0.193 e. The lowest BCUT2D eigenvalue weighted by Crippen LogP contribution is -2.48. The second-order valence-corrected chi connectivity index (χ2v) is 4.57. The monoisotopic (exact) mass is 209 g/mol. The highest BCUT2D eigenvalue weighted by atomic mass is 15.3. The number of rotatable bonds is 2. The Morgan fingerprint density at radius 1 is 1.47 bits per heavy atom. The molecular formula is C12H23N3. The van der Waals surface area contributed by atoms with Crippen molar-refractivity contribution in [3.63, 3.8) is 0 Å². The van der Waals surface area contributed by atoms with Crippen LogP contribution in [0.5, 0.6) is 0 Å². The highest BCUT2D eigenvalue weighted by Gasteiger charge is 2.23. The second-order valence-electron chi connectivity index (χ2n) is 4.57. The number of guanidine groups is 1. The zero-order chi connectivity index (χ0) is 11.3. The molecule has 0 aromatic carbocycles. The summed E-state index contributed by atoms with van der Waals surface area (Å²) in [5.41, 5.74) is 0. The van der Waals surface area contributed by atoms with E-state index in [2.05, 4.69) is 35.6 Å². The number of hydrogen-bond donors (Lipinski definition) is 1. The molecule has 1 N–H and O–H groups in total. The van der Waals surface area contributed by atoms with E-state index in [1.54, 1.807) is 0 Å². The molecule has 15 heavy (non-hydrogen) atoms. The van der Waals surface area contributed by atoms with Crippen LogP contribution in [-0.4, -0.2) is 37.5 Å². The van der Waals surface area contributed by atoms with E-state index in [0.717, 1.165) is 37.4 Å². The fourth-order valence-corrected chi connectivity index (χ4v) is 2.33. The van der Waals surface area contributed by atoms with Crippen LogP contribution in [0.3, 0.4) is 0 Å². The van der Waals surface area contributed by atoms with Crippen molar-refractivity contribution in [3.8, 4) is 0 Å². The van der Waals surface area contributed by atoms with Crippen LogP contribution in [0.4, 0.5) is 0 Å². The van der Waals surface area contributed by atoms with Crippen LogP contribution in [0.25, 0.3) is 0 Å². The molecule has 0 aliphatic carbocycles. The van der Waals surface area contributed by atoms with Crippen molar-refractivity contribution in [2.75, 3.05) is 26.7 Å². The average molecular weight is 209 g/mol. The van der Waals surface area contributed by atoms with Gasteiger partial charge in [-0.2, -0.15) is 0 Å². The van der Waals surface area contributed by atoms with Crippen LogP contribution < -0.4 is 5.32 Å². The molecule has 1 rings (SSSR count). The minimum absolute atomic E-state index is 0.760. The molecule has 3 nitrogen and oxygen atoms in total. The molecule has 1 saturated heterocycles. The highest BCUT2D eigenvalue weighted by Crippen LogP contribution is 2.20. The molecule has 0 saturated carbocycles. The maximum atomic E-state index is 4.30. The molecule has 1 aliphatic heterocycles. The number of likely N-dealkylation sites (tertiary alicyclic amines) is 1. The van der Waals surface area contributed by atoms with Crippen LogP contribution in [0, 0.1) is 11.8 Å². The van der Waals surface area contributed by atoms with Gasteiger partial charge in [0.1, 0.15) is 0 Å². The Morgan fingerprint density at radius 2 is 2.07 bits per heavy atom. The van der Waals surface area contributed by atoms with E-state index < -0.39 is 0 Å². The summed E-state index contributed by atoms with van der Waals surface area (Å²) in [6, 6.07) is 0. The van der Waals surface area contributed by atoms with Gasteiger partial charge in [-0.05, 0) is 18.3 Å². The summed E-state index contributed by atoms with van der Waals surface area (Å²) in [5.74, 6) is 2.53. The Balaban J connectivity index is 2.55. The first-order valence-corrected chi connectivity index (χ1v) is 5.73. The lowest BCUT2D eigenvalue weighted by Gasteiger charge is -2.36. The summed E-state index contributed by atoms with van der Waals surface area (Å²) >= 11 is 0. The standard InChI is InChI=1S/C12H23N3/c1-5-6-14-12(13-4)15-8-10(2)7-11(3)9-15/h5,10-11H,1,6-9H2,2-4H3,(H,13,14). The minimum atomic E-state index is 0.760. The number of hydrogen-bond acceptors (Lipinski definition) is 1. The highest BCUT2D eigenvalue weighted by molar-refractivity contribution is 5.80. The van der Waals surface area contributed by atoms with E-state index >= 15 is 0 Å². The van der Waals surface area contributed by atoms with Crippen LogP contribution in [0.1, 0.15) is 20.3 Å². The van der Waals surface area contributed by atoms with Crippen LogP contribution in [0.2, 0.25) is 0 Å². The number of nitrogens with one attached hydrogen (secondary N) is 1. The van der Waals surface area contributed by atoms with E-state index in [0.29, 0.717) is 0 Å². The van der Waals surface area contributed by atoms with Crippen molar-refractivity contribution in [2.24, 2.45) is 16.8 Å². The summed E-state index contributed by atoms with van der Waals surface area (Å²) in [6.45, 7) is 11.3. The summed E-state index contributed by atoms with van der Waals surface area (Å²) in [6.07, 6.45) is 3.19. The maximum absolute atomic E-state index is 4.30. The molecule has 2 unspecified atom stereocenters. The van der Waals surface area contributed by atoms with Gasteiger partial charge in [0.2, 0.25) is 0 Å². The third-order valence-electron chi connectivity index (χ3n) is 2.78. The van der Waals surface area contributed by atoms with Crippen LogP contribution >= 0.6 is 0 Å². The Bertz CT molecular complexity index is 225. The molecule has 1 fully saturated rings. The average Bonchev–Trinajstić information content (AvgIpc) is 2.17. The second kappa shape index (κ2) is 5.79. The summed E-state index contributed by atoms with van der Waals surface area (Å²) in [5, 5.41) is 3.29. The van der Waals surface area contributed by atoms with Crippen molar-refractivity contribution >= 4 is 5.96 Å².